The van der Waals surface area contributed by atoms with Gasteiger partial charge in [0.15, 0.2) is 0 Å². The standard InChI is InChI=1S/C7H9O/c1-2-3-4-5-6-7-8/h2-4H2,1H3. The summed E-state index contributed by atoms with van der Waals surface area (Å²) < 4.78 is 0. The van der Waals surface area contributed by atoms with Crippen molar-refractivity contribution in [1.29, 1.82) is 0 Å². The number of rotatable bonds is 2. The molecule has 0 saturated carbocycles. The summed E-state index contributed by atoms with van der Waals surface area (Å²) in [7, 11) is 0. The zero-order valence-corrected chi connectivity index (χ0v) is 5.03. The molecule has 1 heteroatoms. The van der Waals surface area contributed by atoms with E-state index in [0.29, 0.717) is 0 Å². The van der Waals surface area contributed by atoms with Crippen molar-refractivity contribution in [1.82, 2.24) is 0 Å². The summed E-state index contributed by atoms with van der Waals surface area (Å²) in [5.74, 6) is 4.89. The fourth-order valence-corrected chi connectivity index (χ4v) is 0.364. The maximum atomic E-state index is 9.47. The molecule has 0 aliphatic heterocycles. The first kappa shape index (κ1) is 7.23. The Morgan fingerprint density at radius 3 is 2.75 bits per heavy atom. The van der Waals surface area contributed by atoms with Crippen LogP contribution in [0.25, 0.3) is 0 Å². The average molecular weight is 109 g/mol. The van der Waals surface area contributed by atoms with E-state index < -0.39 is 0 Å². The van der Waals surface area contributed by atoms with Crippen molar-refractivity contribution in [3.05, 3.63) is 0 Å². The molecule has 0 aliphatic carbocycles. The Kier molecular flexibility index (Phi) is 5.63. The molecule has 0 aromatic heterocycles. The van der Waals surface area contributed by atoms with Gasteiger partial charge in [-0.1, -0.05) is 19.3 Å². The molecule has 0 fully saturated rings. The topological polar surface area (TPSA) is 17.1 Å². The summed E-state index contributed by atoms with van der Waals surface area (Å²) in [6.07, 6.45) is 4.55. The van der Waals surface area contributed by atoms with Crippen LogP contribution in [0.15, 0.2) is 0 Å². The Morgan fingerprint density at radius 1 is 1.50 bits per heavy atom. The van der Waals surface area contributed by atoms with Gasteiger partial charge in [0, 0.05) is 6.42 Å². The minimum Gasteiger partial charge on any atom is -0.275 e. The summed E-state index contributed by atoms with van der Waals surface area (Å²) in [6.45, 7) is 2.09. The zero-order valence-electron chi connectivity index (χ0n) is 5.03. The van der Waals surface area contributed by atoms with Crippen LogP contribution in [0, 0.1) is 11.8 Å². The van der Waals surface area contributed by atoms with Crippen molar-refractivity contribution in [3.8, 4) is 11.8 Å². The zero-order chi connectivity index (χ0) is 6.24. The highest BCUT2D eigenvalue weighted by molar-refractivity contribution is 5.73. The molecule has 0 rings (SSSR count). The summed E-state index contributed by atoms with van der Waals surface area (Å²) in [5.41, 5.74) is 0. The molecular weight excluding hydrogens is 100 g/mol. The molecule has 0 unspecified atom stereocenters. The predicted octanol–water partition coefficient (Wildman–Crippen LogP) is 1.29. The molecule has 0 amide bonds. The molecule has 8 heavy (non-hydrogen) atoms. The van der Waals surface area contributed by atoms with Gasteiger partial charge in [-0.3, -0.25) is 4.79 Å². The van der Waals surface area contributed by atoms with E-state index in [2.05, 4.69) is 18.8 Å². The van der Waals surface area contributed by atoms with Crippen LogP contribution in [0.2, 0.25) is 0 Å². The van der Waals surface area contributed by atoms with Crippen molar-refractivity contribution in [2.45, 2.75) is 26.2 Å². The Labute approximate surface area is 50.1 Å². The van der Waals surface area contributed by atoms with Crippen LogP contribution < -0.4 is 0 Å². The van der Waals surface area contributed by atoms with E-state index in [0.717, 1.165) is 19.3 Å². The van der Waals surface area contributed by atoms with E-state index >= 15 is 0 Å². The van der Waals surface area contributed by atoms with Gasteiger partial charge in [0.05, 0.1) is 0 Å². The summed E-state index contributed by atoms with van der Waals surface area (Å²) in [6, 6.07) is 0. The van der Waals surface area contributed by atoms with Gasteiger partial charge in [0.2, 0.25) is 0 Å². The maximum absolute atomic E-state index is 9.47. The first-order valence-corrected chi connectivity index (χ1v) is 2.76. The second-order valence-electron chi connectivity index (χ2n) is 1.51. The highest BCUT2D eigenvalue weighted by atomic mass is 16.1. The third kappa shape index (κ3) is 5.23. The lowest BCUT2D eigenvalue weighted by Gasteiger charge is -1.80. The van der Waals surface area contributed by atoms with Gasteiger partial charge in [-0.05, 0) is 12.3 Å². The van der Waals surface area contributed by atoms with Crippen LogP contribution in [0.4, 0.5) is 0 Å². The highest BCUT2D eigenvalue weighted by Crippen LogP contribution is 1.89. The second kappa shape index (κ2) is 6.23. The molecule has 0 saturated heterocycles. The molecular formula is C7H9O. The first-order chi connectivity index (χ1) is 3.91. The van der Waals surface area contributed by atoms with Crippen LogP contribution in [-0.4, -0.2) is 6.29 Å². The SMILES string of the molecule is CCCCC#C[C]=O. The monoisotopic (exact) mass is 109 g/mol. The lowest BCUT2D eigenvalue weighted by molar-refractivity contribution is 0.565. The molecule has 0 heterocycles. The van der Waals surface area contributed by atoms with E-state index in [-0.39, 0.29) is 0 Å². The summed E-state index contributed by atoms with van der Waals surface area (Å²) in [4.78, 5) is 9.47. The molecule has 0 spiro atoms. The van der Waals surface area contributed by atoms with Gasteiger partial charge < -0.3 is 0 Å². The third-order valence-electron chi connectivity index (χ3n) is 0.795. The van der Waals surface area contributed by atoms with Gasteiger partial charge in [0.1, 0.15) is 0 Å². The Balaban J connectivity index is 3.02. The Bertz CT molecular complexity index is 105. The first-order valence-electron chi connectivity index (χ1n) is 2.76. The van der Waals surface area contributed by atoms with Crippen molar-refractivity contribution in [2.75, 3.05) is 0 Å². The van der Waals surface area contributed by atoms with Crippen molar-refractivity contribution < 1.29 is 4.79 Å². The fraction of sp³-hybridized carbons (Fsp3) is 0.571. The molecule has 0 aliphatic rings. The molecule has 0 aromatic rings. The van der Waals surface area contributed by atoms with Gasteiger partial charge in [-0.2, -0.15) is 0 Å². The number of carbonyl (C=O) groups excluding carboxylic acids is 1. The van der Waals surface area contributed by atoms with E-state index in [1.165, 1.54) is 6.29 Å². The van der Waals surface area contributed by atoms with Crippen LogP contribution in [0.5, 0.6) is 0 Å². The number of unbranched alkanes of at least 4 members (excludes halogenated alkanes) is 2. The van der Waals surface area contributed by atoms with Crippen LogP contribution in [0.1, 0.15) is 26.2 Å². The van der Waals surface area contributed by atoms with Gasteiger partial charge in [0.25, 0.3) is 6.29 Å². The van der Waals surface area contributed by atoms with Crippen LogP contribution in [0.3, 0.4) is 0 Å². The average Bonchev–Trinajstić information content (AvgIpc) is 1.81. The molecule has 1 radical (unpaired) electrons. The molecule has 0 bridgehead atoms. The van der Waals surface area contributed by atoms with E-state index in [1.54, 1.807) is 0 Å². The smallest absolute Gasteiger partial charge is 0.275 e. The molecule has 0 aromatic carbocycles. The van der Waals surface area contributed by atoms with E-state index in [1.807, 2.05) is 0 Å². The van der Waals surface area contributed by atoms with Crippen molar-refractivity contribution >= 4 is 6.29 Å². The Morgan fingerprint density at radius 2 is 2.25 bits per heavy atom. The van der Waals surface area contributed by atoms with Crippen molar-refractivity contribution in [3.63, 3.8) is 0 Å². The van der Waals surface area contributed by atoms with Crippen molar-refractivity contribution in [2.24, 2.45) is 0 Å². The van der Waals surface area contributed by atoms with E-state index in [9.17, 15) is 4.79 Å². The van der Waals surface area contributed by atoms with Crippen LogP contribution in [-0.2, 0) is 4.79 Å². The molecule has 0 atom stereocenters. The van der Waals surface area contributed by atoms with Gasteiger partial charge >= 0.3 is 0 Å². The molecule has 43 valence electrons. The quantitative estimate of drug-likeness (QED) is 0.385. The maximum Gasteiger partial charge on any atom is 0.284 e. The lowest BCUT2D eigenvalue weighted by atomic mass is 10.3. The minimum atomic E-state index is 0.825. The van der Waals surface area contributed by atoms with Gasteiger partial charge in [-0.25, -0.2) is 0 Å². The molecule has 0 N–H and O–H groups in total. The van der Waals surface area contributed by atoms with E-state index in [4.69, 9.17) is 0 Å². The van der Waals surface area contributed by atoms with Gasteiger partial charge in [-0.15, -0.1) is 0 Å². The minimum absolute atomic E-state index is 0.825. The lowest BCUT2D eigenvalue weighted by Crippen LogP contribution is -1.67. The molecule has 1 nitrogen and oxygen atoms in total. The highest BCUT2D eigenvalue weighted by Gasteiger charge is 1.74. The largest absolute Gasteiger partial charge is 0.284 e. The fourth-order valence-electron chi connectivity index (χ4n) is 0.364. The number of hydrogen-bond acceptors (Lipinski definition) is 1. The Hall–Kier alpha value is -0.770. The summed E-state index contributed by atoms with van der Waals surface area (Å²) in [5, 5.41) is 0. The van der Waals surface area contributed by atoms with Crippen LogP contribution >= 0.6 is 0 Å². The second-order valence-corrected chi connectivity index (χ2v) is 1.51. The third-order valence-corrected chi connectivity index (χ3v) is 0.795. The summed E-state index contributed by atoms with van der Waals surface area (Å²) >= 11 is 0. The number of hydrogen-bond donors (Lipinski definition) is 0. The normalized spacial score (nSPS) is 7.12. The predicted molar refractivity (Wildman–Crippen MR) is 33.0 cm³/mol.